The molecule has 0 saturated carbocycles. The molecule has 2 aliphatic rings. The molecule has 7 aromatic carbocycles. The smallest absolute Gasteiger partial charge is 0.335 e. The molecule has 4 aromatic heterocycles. The van der Waals surface area contributed by atoms with Crippen LogP contribution in [-0.2, 0) is 0 Å². The highest BCUT2D eigenvalue weighted by molar-refractivity contribution is 7.00. The number of ether oxygens (including phenoxy) is 4. The van der Waals surface area contributed by atoms with Gasteiger partial charge in [0.15, 0.2) is 0 Å². The molecule has 14 heteroatoms. The summed E-state index contributed by atoms with van der Waals surface area (Å²) in [6.07, 6.45) is 72.3. The van der Waals surface area contributed by atoms with Crippen LogP contribution in [0.1, 0.15) is 431 Å². The van der Waals surface area contributed by atoms with E-state index >= 15 is 0 Å². The Morgan fingerprint density at radius 3 is 0.979 bits per heavy atom. The molecule has 0 saturated heterocycles. The van der Waals surface area contributed by atoms with Gasteiger partial charge in [0.1, 0.15) is 34.0 Å². The van der Waals surface area contributed by atoms with Gasteiger partial charge < -0.3 is 38.9 Å². The lowest BCUT2D eigenvalue weighted by molar-refractivity contribution is 0.0696. The number of nitrogens with zero attached hydrogens (tertiary/aromatic N) is 5. The Hall–Kier alpha value is -10.9. The molecule has 0 aliphatic carbocycles. The van der Waals surface area contributed by atoms with Crippen LogP contribution < -0.4 is 23.8 Å². The summed E-state index contributed by atoms with van der Waals surface area (Å²) in [5.41, 5.74) is 16.7. The molecule has 141 heavy (non-hydrogen) atoms. The lowest BCUT2D eigenvalue weighted by Crippen LogP contribution is -2.26. The SMILES string of the molecule is CCCCCCCCCCCCOc1cccc(OCCCCCCCCCCCC)c1-c1c2nc(c(C#Cc3ccc(-c4ccc(C(=O)O)cc4)c4nsnc34)c3ccc([nH]3)c(-c3c(OCCCCCCCCCCCC)cccc3OCCCCCCCCCCCC)c3nc(c(C#Cc4c5ccccc5c(N(CCCCCCCC)CCCCCCCC)c5ccccc45)c4ccc1[nH]4)C=C3)C=C2. The fraction of sp³-hybridized carbons (Fsp3) is 0.504. The van der Waals surface area contributed by atoms with Crippen molar-refractivity contribution in [3.8, 4) is 80.1 Å². The predicted octanol–water partition coefficient (Wildman–Crippen LogP) is 37.2. The molecule has 0 amide bonds. The number of fused-ring (bicyclic) bond motifs is 11. The molecular formula is C127H165N7O6S. The molecule has 6 heterocycles. The Bertz CT molecular complexity index is 5790. The van der Waals surface area contributed by atoms with E-state index in [2.05, 4.69) is 214 Å². The van der Waals surface area contributed by atoms with E-state index in [0.29, 0.717) is 71.4 Å². The van der Waals surface area contributed by atoms with Crippen molar-refractivity contribution in [3.05, 3.63) is 196 Å². The quantitative estimate of drug-likeness (QED) is 0.0189. The number of nitrogens with one attached hydrogen (secondary N) is 2. The topological polar surface area (TPSA) is 161 Å². The van der Waals surface area contributed by atoms with Crippen molar-refractivity contribution < 1.29 is 28.8 Å². The average molecular weight is 1920 g/mol. The van der Waals surface area contributed by atoms with Gasteiger partial charge in [0, 0.05) is 67.9 Å². The number of aromatic nitrogens is 6. The van der Waals surface area contributed by atoms with Crippen LogP contribution in [0.4, 0.5) is 5.69 Å². The fourth-order valence-corrected chi connectivity index (χ4v) is 21.0. The fourth-order valence-electron chi connectivity index (χ4n) is 20.4. The summed E-state index contributed by atoms with van der Waals surface area (Å²) < 4.78 is 38.9. The van der Waals surface area contributed by atoms with Crippen molar-refractivity contribution in [1.29, 1.82) is 0 Å². The third kappa shape index (κ3) is 32.3. The van der Waals surface area contributed by atoms with Crippen LogP contribution in [-0.4, -0.2) is 79.3 Å². The maximum absolute atomic E-state index is 12.1. The standard InChI is InChI=1S/C127H165N7O6S/c1-7-13-19-25-31-35-39-43-49-59-93-137-116-69-63-70-117(138-94-60-50-44-40-36-32-26-20-14-8-2)122(116)120-112-87-83-108(128-112)106(80-78-98-77-79-100(125-124(98)132-141-133-125)97-73-75-99(76-74-97)127(135)136)109-84-88-113(129-109)121(123-118(139-95-61-51-45-41-37-33-27-21-15-9-3)71-64-72-119(123)140-96-62-52-46-42-38-34-28-22-16-10-4)115-90-86-111(131-115)107(110-85-89-114(120)130-110)82-81-103-101-65-53-55-67-104(101)126(105-68-56-54-66-102(103)105)134(91-57-47-29-23-17-11-5)92-58-48-30-24-18-12-6/h53-56,63-77,79,83-90,128,131H,7-52,57-62,91-96H2,1-6H3,(H,135,136). The highest BCUT2D eigenvalue weighted by Crippen LogP contribution is 2.48. The molecule has 3 N–H and O–H groups in total. The summed E-state index contributed by atoms with van der Waals surface area (Å²) in [5.74, 6) is 17.4. The van der Waals surface area contributed by atoms with E-state index in [1.807, 2.05) is 24.3 Å². The summed E-state index contributed by atoms with van der Waals surface area (Å²) in [7, 11) is 0. The molecule has 0 fully saturated rings. The van der Waals surface area contributed by atoms with Crippen molar-refractivity contribution in [2.45, 2.75) is 375 Å². The summed E-state index contributed by atoms with van der Waals surface area (Å²) in [4.78, 5) is 35.0. The third-order valence-corrected chi connectivity index (χ3v) is 29.1. The lowest BCUT2D eigenvalue weighted by Gasteiger charge is -2.29. The van der Waals surface area contributed by atoms with E-state index in [-0.39, 0.29) is 5.56 Å². The van der Waals surface area contributed by atoms with Gasteiger partial charge >= 0.3 is 5.97 Å². The highest BCUT2D eigenvalue weighted by atomic mass is 32.1. The van der Waals surface area contributed by atoms with E-state index in [9.17, 15) is 9.90 Å². The zero-order chi connectivity index (χ0) is 97.9. The van der Waals surface area contributed by atoms with Gasteiger partial charge in [-0.3, -0.25) is 0 Å². The van der Waals surface area contributed by atoms with Gasteiger partial charge in [0.25, 0.3) is 0 Å². The molecule has 11 aromatic rings. The second-order valence-electron chi connectivity index (χ2n) is 39.7. The molecule has 2 aliphatic heterocycles. The Labute approximate surface area is 850 Å². The first-order valence-corrected chi connectivity index (χ1v) is 56.7. The number of carbonyl (C=O) groups is 1. The first-order valence-electron chi connectivity index (χ1n) is 56.0. The van der Waals surface area contributed by atoms with Crippen LogP contribution in [0, 0.1) is 23.7 Å². The molecule has 0 spiro atoms. The van der Waals surface area contributed by atoms with E-state index in [1.165, 1.54) is 286 Å². The number of hydrogen-bond acceptors (Lipinski definition) is 11. The number of carboxylic acids is 1. The first-order chi connectivity index (χ1) is 69.7. The monoisotopic (exact) mass is 1920 g/mol. The zero-order valence-corrected chi connectivity index (χ0v) is 87.6. The molecular weight excluding hydrogens is 1750 g/mol. The number of aromatic amines is 2. The number of rotatable bonds is 67. The number of aromatic carboxylic acids is 1. The van der Waals surface area contributed by atoms with Gasteiger partial charge in [-0.2, -0.15) is 8.75 Å². The van der Waals surface area contributed by atoms with Crippen LogP contribution in [0.3, 0.4) is 0 Å². The van der Waals surface area contributed by atoms with Crippen molar-refractivity contribution in [3.63, 3.8) is 0 Å². The molecule has 0 atom stereocenters. The number of anilines is 1. The second-order valence-corrected chi connectivity index (χ2v) is 40.3. The molecule has 0 radical (unpaired) electrons. The second kappa shape index (κ2) is 61.1. The van der Waals surface area contributed by atoms with Gasteiger partial charge in [-0.15, -0.1) is 0 Å². The summed E-state index contributed by atoms with van der Waals surface area (Å²) >= 11 is 1.13. The Balaban J connectivity index is 1.04. The number of hydrogen-bond donors (Lipinski definition) is 3. The largest absolute Gasteiger partial charge is 0.493 e. The van der Waals surface area contributed by atoms with Crippen molar-refractivity contribution in [2.75, 3.05) is 44.4 Å². The van der Waals surface area contributed by atoms with Gasteiger partial charge in [-0.25, -0.2) is 14.8 Å². The Morgan fingerprint density at radius 1 is 0.305 bits per heavy atom. The summed E-state index contributed by atoms with van der Waals surface area (Å²) in [5, 5.41) is 14.6. The maximum Gasteiger partial charge on any atom is 0.335 e. The molecule has 8 bridgehead atoms. The van der Waals surface area contributed by atoms with E-state index < -0.39 is 5.97 Å². The van der Waals surface area contributed by atoms with Gasteiger partial charge in [0.2, 0.25) is 0 Å². The number of benzene rings is 7. The summed E-state index contributed by atoms with van der Waals surface area (Å²) in [6, 6.07) is 50.5. The van der Waals surface area contributed by atoms with Crippen LogP contribution in [0.5, 0.6) is 23.0 Å². The normalized spacial score (nSPS) is 11.7. The minimum absolute atomic E-state index is 0.211. The van der Waals surface area contributed by atoms with Crippen LogP contribution in [0.15, 0.2) is 146 Å². The van der Waals surface area contributed by atoms with Gasteiger partial charge in [0.05, 0.1) is 111 Å². The average Bonchev–Trinajstić information content (AvgIpc) is 1.32. The first kappa shape index (κ1) is 107. The van der Waals surface area contributed by atoms with Gasteiger partial charge in [-0.05, 0) is 135 Å². The van der Waals surface area contributed by atoms with Crippen LogP contribution >= 0.6 is 11.7 Å². The van der Waals surface area contributed by atoms with E-state index in [1.54, 1.807) is 12.1 Å². The minimum atomic E-state index is -0.981. The summed E-state index contributed by atoms with van der Waals surface area (Å²) in [6.45, 7) is 18.0. The highest BCUT2D eigenvalue weighted by Gasteiger charge is 2.27. The third-order valence-electron chi connectivity index (χ3n) is 28.5. The number of carboxylic acid groups (broad SMARTS) is 1. The maximum atomic E-state index is 12.1. The molecule has 13 nitrogen and oxygen atoms in total. The number of H-pyrrole nitrogens is 2. The zero-order valence-electron chi connectivity index (χ0n) is 86.8. The predicted molar refractivity (Wildman–Crippen MR) is 601 cm³/mol. The van der Waals surface area contributed by atoms with Gasteiger partial charge in [-0.1, -0.05) is 439 Å². The Kier molecular flexibility index (Phi) is 46.6. The van der Waals surface area contributed by atoms with Crippen molar-refractivity contribution in [1.82, 2.24) is 28.7 Å². The van der Waals surface area contributed by atoms with E-state index in [0.717, 1.165) is 189 Å². The van der Waals surface area contributed by atoms with Crippen LogP contribution in [0.25, 0.3) is 112 Å². The minimum Gasteiger partial charge on any atom is -0.493 e. The molecule has 13 rings (SSSR count). The molecule has 750 valence electrons. The van der Waals surface area contributed by atoms with Crippen molar-refractivity contribution in [2.24, 2.45) is 0 Å². The van der Waals surface area contributed by atoms with Crippen LogP contribution in [0.2, 0.25) is 0 Å². The Morgan fingerprint density at radius 2 is 0.617 bits per heavy atom. The molecule has 0 unspecified atom stereocenters. The van der Waals surface area contributed by atoms with Crippen molar-refractivity contribution >= 4 is 102 Å². The lowest BCUT2D eigenvalue weighted by atomic mass is 9.93. The van der Waals surface area contributed by atoms with E-state index in [4.69, 9.17) is 37.7 Å². The number of unbranched alkanes of at least 4 members (excludes halogenated alkanes) is 46.